The molecule has 0 radical (unpaired) electrons. The molecule has 0 saturated heterocycles. The summed E-state index contributed by atoms with van der Waals surface area (Å²) in [7, 11) is 0. The highest BCUT2D eigenvalue weighted by molar-refractivity contribution is 9.10. The lowest BCUT2D eigenvalue weighted by molar-refractivity contribution is 0.0951. The third-order valence-corrected chi connectivity index (χ3v) is 5.49. The second kappa shape index (κ2) is 6.29. The quantitative estimate of drug-likeness (QED) is 0.620. The van der Waals surface area contributed by atoms with Gasteiger partial charge >= 0.3 is 0 Å². The number of Topliss-reactive ketones (excluding diaryl/α,β-unsaturated/α-hetero) is 1. The highest BCUT2D eigenvalue weighted by Crippen LogP contribution is 2.25. The van der Waals surface area contributed by atoms with Crippen molar-refractivity contribution >= 4 is 39.3 Å². The fraction of sp³-hybridized carbons (Fsp3) is 0.294. The zero-order valence-electron chi connectivity index (χ0n) is 13.1. The van der Waals surface area contributed by atoms with Crippen LogP contribution >= 0.6 is 27.7 Å². The van der Waals surface area contributed by atoms with E-state index in [9.17, 15) is 4.79 Å². The highest BCUT2D eigenvalue weighted by Gasteiger charge is 2.25. The molecule has 0 bridgehead atoms. The van der Waals surface area contributed by atoms with Gasteiger partial charge in [0, 0.05) is 22.8 Å². The normalized spacial score (nSPS) is 17.2. The second-order valence-corrected chi connectivity index (χ2v) is 7.95. The van der Waals surface area contributed by atoms with Gasteiger partial charge in [-0.15, -0.1) is 5.10 Å². The number of fused-ring (bicyclic) bond motifs is 2. The van der Waals surface area contributed by atoms with E-state index in [1.807, 2.05) is 12.1 Å². The van der Waals surface area contributed by atoms with Crippen LogP contribution in [0.15, 0.2) is 40.1 Å². The van der Waals surface area contributed by atoms with Crippen molar-refractivity contribution in [2.45, 2.75) is 30.7 Å². The fourth-order valence-corrected chi connectivity index (χ4v) is 3.89. The Hall–Kier alpha value is -1.73. The maximum Gasteiger partial charge on any atom is 0.253 e. The van der Waals surface area contributed by atoms with Crippen molar-refractivity contribution in [2.24, 2.45) is 5.92 Å². The van der Waals surface area contributed by atoms with E-state index in [1.165, 1.54) is 5.56 Å². The number of carbonyl (C=O) groups excluding carboxylic acids is 1. The number of benzene rings is 1. The summed E-state index contributed by atoms with van der Waals surface area (Å²) >= 11 is 5.00. The van der Waals surface area contributed by atoms with Crippen LogP contribution in [0.5, 0.6) is 0 Å². The van der Waals surface area contributed by atoms with Gasteiger partial charge in [-0.05, 0) is 30.0 Å². The van der Waals surface area contributed by atoms with Crippen molar-refractivity contribution in [3.05, 3.63) is 51.8 Å². The summed E-state index contributed by atoms with van der Waals surface area (Å²) in [5, 5.41) is 5.13. The van der Waals surface area contributed by atoms with Crippen LogP contribution in [-0.4, -0.2) is 25.4 Å². The van der Waals surface area contributed by atoms with Crippen LogP contribution in [-0.2, 0) is 12.2 Å². The number of thioether (sulfide) groups is 1. The molecule has 1 atom stereocenters. The minimum Gasteiger partial charge on any atom is -0.294 e. The Kier molecular flexibility index (Phi) is 4.14. The first-order chi connectivity index (χ1) is 11.6. The highest BCUT2D eigenvalue weighted by atomic mass is 79.9. The van der Waals surface area contributed by atoms with Crippen LogP contribution in [0, 0.1) is 5.92 Å². The first-order valence-electron chi connectivity index (χ1n) is 7.75. The molecule has 0 saturated carbocycles. The molecule has 5 nitrogen and oxygen atoms in total. The summed E-state index contributed by atoms with van der Waals surface area (Å²) in [6, 6.07) is 8.19. The van der Waals surface area contributed by atoms with Gasteiger partial charge in [0.15, 0.2) is 5.78 Å². The summed E-state index contributed by atoms with van der Waals surface area (Å²) in [4.78, 5) is 21.2. The van der Waals surface area contributed by atoms with Crippen LogP contribution in [0.3, 0.4) is 0 Å². The van der Waals surface area contributed by atoms with Crippen molar-refractivity contribution in [3.8, 4) is 0 Å². The number of nitrogens with zero attached hydrogens (tertiary/aromatic N) is 4. The van der Waals surface area contributed by atoms with E-state index in [4.69, 9.17) is 0 Å². The van der Waals surface area contributed by atoms with E-state index in [2.05, 4.69) is 50.1 Å². The van der Waals surface area contributed by atoms with Gasteiger partial charge in [0.2, 0.25) is 5.16 Å². The fourth-order valence-electron chi connectivity index (χ4n) is 2.84. The molecule has 0 fully saturated rings. The van der Waals surface area contributed by atoms with E-state index >= 15 is 0 Å². The van der Waals surface area contributed by atoms with Crippen molar-refractivity contribution in [1.29, 1.82) is 0 Å². The molecule has 0 aliphatic heterocycles. The average Bonchev–Trinajstić information content (AvgIpc) is 2.94. The van der Waals surface area contributed by atoms with Gasteiger partial charge in [0.25, 0.3) is 5.78 Å². The molecule has 0 N–H and O–H groups in total. The van der Waals surface area contributed by atoms with Gasteiger partial charge in [-0.2, -0.15) is 4.98 Å². The summed E-state index contributed by atoms with van der Waals surface area (Å²) in [6.07, 6.45) is 3.19. The zero-order chi connectivity index (χ0) is 16.7. The van der Waals surface area contributed by atoms with Crippen molar-refractivity contribution in [1.82, 2.24) is 19.6 Å². The average molecular weight is 403 g/mol. The number of ketones is 1. The number of hydrogen-bond acceptors (Lipinski definition) is 5. The van der Waals surface area contributed by atoms with Gasteiger partial charge in [-0.25, -0.2) is 9.50 Å². The maximum absolute atomic E-state index is 12.2. The molecule has 7 heteroatoms. The maximum atomic E-state index is 12.2. The minimum atomic E-state index is 0.151. The van der Waals surface area contributed by atoms with Crippen LogP contribution in [0.1, 0.15) is 35.0 Å². The van der Waals surface area contributed by atoms with Gasteiger partial charge in [-0.1, -0.05) is 46.7 Å². The number of halogens is 1. The summed E-state index contributed by atoms with van der Waals surface area (Å²) in [5.41, 5.74) is 2.75. The number of carbonyl (C=O) groups is 1. The van der Waals surface area contributed by atoms with Crippen LogP contribution in [0.2, 0.25) is 0 Å². The zero-order valence-corrected chi connectivity index (χ0v) is 15.5. The minimum absolute atomic E-state index is 0.151. The van der Waals surface area contributed by atoms with Crippen LogP contribution < -0.4 is 0 Å². The molecule has 0 amide bonds. The lowest BCUT2D eigenvalue weighted by Crippen LogP contribution is -2.20. The first kappa shape index (κ1) is 15.8. The molecule has 1 aliphatic rings. The molecule has 0 unspecified atom stereocenters. The smallest absolute Gasteiger partial charge is 0.253 e. The third kappa shape index (κ3) is 3.10. The summed E-state index contributed by atoms with van der Waals surface area (Å²) < 4.78 is 2.69. The molecular weight excluding hydrogens is 388 g/mol. The Bertz CT molecular complexity index is 922. The van der Waals surface area contributed by atoms with Crippen LogP contribution in [0.25, 0.3) is 5.78 Å². The van der Waals surface area contributed by atoms with Crippen molar-refractivity contribution < 1.29 is 4.79 Å². The Labute approximate surface area is 152 Å². The third-order valence-electron chi connectivity index (χ3n) is 4.05. The van der Waals surface area contributed by atoms with E-state index in [-0.39, 0.29) is 5.78 Å². The van der Waals surface area contributed by atoms with Crippen molar-refractivity contribution in [2.75, 3.05) is 0 Å². The lowest BCUT2D eigenvalue weighted by Gasteiger charge is -2.18. The topological polar surface area (TPSA) is 60.2 Å². The predicted molar refractivity (Wildman–Crippen MR) is 96.3 cm³/mol. The van der Waals surface area contributed by atoms with Gasteiger partial charge < -0.3 is 0 Å². The van der Waals surface area contributed by atoms with E-state index in [0.29, 0.717) is 28.8 Å². The Morgan fingerprint density at radius 3 is 2.83 bits per heavy atom. The molecule has 1 aliphatic carbocycles. The molecular formula is C17H15BrN4OS. The SMILES string of the molecule is C[C@H]1CC(=O)c2cn3nc(SCc4ccc(Br)cc4)nc3nc2C1. The largest absolute Gasteiger partial charge is 0.294 e. The van der Waals surface area contributed by atoms with Gasteiger partial charge in [-0.3, -0.25) is 4.79 Å². The monoisotopic (exact) mass is 402 g/mol. The van der Waals surface area contributed by atoms with Gasteiger partial charge in [0.05, 0.1) is 11.3 Å². The molecule has 1 aromatic carbocycles. The molecule has 0 spiro atoms. The van der Waals surface area contributed by atoms with E-state index < -0.39 is 0 Å². The summed E-state index contributed by atoms with van der Waals surface area (Å²) in [5.74, 6) is 1.85. The predicted octanol–water partition coefficient (Wildman–Crippen LogP) is 3.94. The molecule has 4 rings (SSSR count). The van der Waals surface area contributed by atoms with Crippen LogP contribution in [0.4, 0.5) is 0 Å². The molecule has 3 aromatic rings. The summed E-state index contributed by atoms with van der Waals surface area (Å²) in [6.45, 7) is 2.08. The molecule has 2 heterocycles. The van der Waals surface area contributed by atoms with Crippen molar-refractivity contribution in [3.63, 3.8) is 0 Å². The Morgan fingerprint density at radius 2 is 2.04 bits per heavy atom. The number of aromatic nitrogens is 4. The lowest BCUT2D eigenvalue weighted by atomic mass is 9.88. The van der Waals surface area contributed by atoms with E-state index in [0.717, 1.165) is 22.3 Å². The number of rotatable bonds is 3. The first-order valence-corrected chi connectivity index (χ1v) is 9.53. The molecule has 2 aromatic heterocycles. The molecule has 122 valence electrons. The molecule has 24 heavy (non-hydrogen) atoms. The standard InChI is InChI=1S/C17H15BrN4OS/c1-10-6-14-13(15(23)7-10)8-22-16(19-14)20-17(21-22)24-9-11-2-4-12(18)5-3-11/h2-5,8,10H,6-7,9H2,1H3/t10-/m1/s1. The van der Waals surface area contributed by atoms with E-state index in [1.54, 1.807) is 22.5 Å². The Morgan fingerprint density at radius 1 is 1.25 bits per heavy atom. The number of hydrogen-bond donors (Lipinski definition) is 0. The second-order valence-electron chi connectivity index (χ2n) is 6.09. The Balaban J connectivity index is 1.59. The van der Waals surface area contributed by atoms with Gasteiger partial charge in [0.1, 0.15) is 0 Å².